The third kappa shape index (κ3) is 6.16. The Hall–Kier alpha value is -2.15. The van der Waals surface area contributed by atoms with E-state index >= 15 is 0 Å². The molecular weight excluding hydrogens is 406 g/mol. The Morgan fingerprint density at radius 3 is 2.48 bits per heavy atom. The highest BCUT2D eigenvalue weighted by Gasteiger charge is 2.21. The summed E-state index contributed by atoms with van der Waals surface area (Å²) < 4.78 is 6.79. The topological polar surface area (TPSA) is 45.7 Å². The Morgan fingerprint density at radius 2 is 1.79 bits per heavy atom. The minimum atomic E-state index is -0.0770. The molecule has 0 saturated heterocycles. The van der Waals surface area contributed by atoms with Gasteiger partial charge in [0.1, 0.15) is 5.75 Å². The number of ether oxygens (including phenoxy) is 1. The van der Waals surface area contributed by atoms with Crippen molar-refractivity contribution in [2.75, 3.05) is 37.7 Å². The summed E-state index contributed by atoms with van der Waals surface area (Å²) in [5.74, 6) is 0.617. The van der Waals surface area contributed by atoms with E-state index in [9.17, 15) is 4.79 Å². The highest BCUT2D eigenvalue weighted by atomic mass is 35.5. The van der Waals surface area contributed by atoms with Crippen LogP contribution >= 0.6 is 23.7 Å². The molecular formula is C22H28ClN3O2S. The van der Waals surface area contributed by atoms with Gasteiger partial charge in [-0.05, 0) is 49.8 Å². The first-order chi connectivity index (χ1) is 13.6. The summed E-state index contributed by atoms with van der Waals surface area (Å²) in [6.45, 7) is 9.64. The SMILES string of the molecule is CCN(CC)CCN(C(=O)COc1ccccc1)c1nc2ccc(C)cc2s1.Cl. The molecule has 0 aliphatic carbocycles. The van der Waals surface area contributed by atoms with Gasteiger partial charge in [0.25, 0.3) is 5.91 Å². The maximum atomic E-state index is 13.0. The standard InChI is InChI=1S/C22H27N3O2S.ClH/c1-4-24(5-2)13-14-25(21(26)16-27-18-9-7-6-8-10-18)22-23-19-12-11-17(3)15-20(19)28-22;/h6-12,15H,4-5,13-14,16H2,1-3H3;1H. The van der Waals surface area contributed by atoms with Crippen LogP contribution in [0.5, 0.6) is 5.75 Å². The molecule has 2 aromatic carbocycles. The monoisotopic (exact) mass is 433 g/mol. The summed E-state index contributed by atoms with van der Waals surface area (Å²) in [4.78, 5) is 21.8. The van der Waals surface area contributed by atoms with Gasteiger partial charge in [-0.3, -0.25) is 9.69 Å². The lowest BCUT2D eigenvalue weighted by atomic mass is 10.2. The summed E-state index contributed by atoms with van der Waals surface area (Å²) in [5, 5.41) is 0.731. The van der Waals surface area contributed by atoms with Crippen molar-refractivity contribution >= 4 is 45.0 Å². The van der Waals surface area contributed by atoms with Crippen LogP contribution in [0.3, 0.4) is 0 Å². The number of aromatic nitrogens is 1. The van der Waals surface area contributed by atoms with E-state index in [4.69, 9.17) is 9.72 Å². The molecule has 5 nitrogen and oxygen atoms in total. The predicted molar refractivity (Wildman–Crippen MR) is 124 cm³/mol. The molecule has 0 N–H and O–H groups in total. The van der Waals surface area contributed by atoms with Gasteiger partial charge in [0, 0.05) is 13.1 Å². The lowest BCUT2D eigenvalue weighted by Crippen LogP contribution is -2.41. The largest absolute Gasteiger partial charge is 0.484 e. The number of carbonyl (C=O) groups excluding carboxylic acids is 1. The molecule has 0 saturated carbocycles. The van der Waals surface area contributed by atoms with Crippen LogP contribution in [0.15, 0.2) is 48.5 Å². The fraction of sp³-hybridized carbons (Fsp3) is 0.364. The van der Waals surface area contributed by atoms with Crippen LogP contribution < -0.4 is 9.64 Å². The van der Waals surface area contributed by atoms with E-state index in [-0.39, 0.29) is 24.9 Å². The van der Waals surface area contributed by atoms with Crippen molar-refractivity contribution in [1.29, 1.82) is 0 Å². The highest BCUT2D eigenvalue weighted by molar-refractivity contribution is 7.22. The first kappa shape index (κ1) is 23.1. The lowest BCUT2D eigenvalue weighted by molar-refractivity contribution is -0.120. The summed E-state index contributed by atoms with van der Waals surface area (Å²) in [5.41, 5.74) is 2.12. The second-order valence-electron chi connectivity index (χ2n) is 6.64. The van der Waals surface area contributed by atoms with Gasteiger partial charge in [-0.15, -0.1) is 12.4 Å². The number of benzene rings is 2. The number of likely N-dealkylation sites (N-methyl/N-ethyl adjacent to an activating group) is 1. The van der Waals surface area contributed by atoms with Crippen molar-refractivity contribution < 1.29 is 9.53 Å². The third-order valence-corrected chi connectivity index (χ3v) is 5.75. The van der Waals surface area contributed by atoms with E-state index in [2.05, 4.69) is 31.7 Å². The van der Waals surface area contributed by atoms with E-state index in [0.717, 1.165) is 35.0 Å². The Kier molecular flexibility index (Phi) is 8.89. The molecule has 3 aromatic rings. The Balaban J connectivity index is 0.00000300. The van der Waals surface area contributed by atoms with Crippen molar-refractivity contribution in [2.45, 2.75) is 20.8 Å². The molecule has 3 rings (SSSR count). The zero-order chi connectivity index (χ0) is 19.9. The number of hydrogen-bond donors (Lipinski definition) is 0. The number of thiazole rings is 1. The summed E-state index contributed by atoms with van der Waals surface area (Å²) in [6.07, 6.45) is 0. The third-order valence-electron chi connectivity index (χ3n) is 4.70. The normalized spacial score (nSPS) is 10.8. The van der Waals surface area contributed by atoms with Gasteiger partial charge >= 0.3 is 0 Å². The van der Waals surface area contributed by atoms with Crippen LogP contribution in [0.4, 0.5) is 5.13 Å². The number of nitrogens with zero attached hydrogens (tertiary/aromatic N) is 3. The van der Waals surface area contributed by atoms with E-state index < -0.39 is 0 Å². The van der Waals surface area contributed by atoms with Crippen molar-refractivity contribution in [3.8, 4) is 5.75 Å². The van der Waals surface area contributed by atoms with Crippen LogP contribution in [0.25, 0.3) is 10.2 Å². The Labute approximate surface area is 182 Å². The Morgan fingerprint density at radius 1 is 1.07 bits per heavy atom. The zero-order valence-corrected chi connectivity index (χ0v) is 18.8. The van der Waals surface area contributed by atoms with Gasteiger partial charge < -0.3 is 9.64 Å². The van der Waals surface area contributed by atoms with Gasteiger partial charge in [-0.1, -0.05) is 49.4 Å². The lowest BCUT2D eigenvalue weighted by Gasteiger charge is -2.24. The van der Waals surface area contributed by atoms with E-state index in [1.807, 2.05) is 42.5 Å². The first-order valence-electron chi connectivity index (χ1n) is 9.68. The number of hydrogen-bond acceptors (Lipinski definition) is 5. The number of anilines is 1. The van der Waals surface area contributed by atoms with Crippen molar-refractivity contribution in [2.24, 2.45) is 0 Å². The molecule has 1 aromatic heterocycles. The fourth-order valence-corrected chi connectivity index (χ4v) is 4.09. The maximum absolute atomic E-state index is 13.0. The van der Waals surface area contributed by atoms with Gasteiger partial charge in [0.15, 0.2) is 11.7 Å². The van der Waals surface area contributed by atoms with Crippen molar-refractivity contribution in [3.05, 3.63) is 54.1 Å². The molecule has 0 fully saturated rings. The molecule has 0 bridgehead atoms. The first-order valence-corrected chi connectivity index (χ1v) is 10.5. The van der Waals surface area contributed by atoms with Gasteiger partial charge in [0.05, 0.1) is 10.2 Å². The number of halogens is 1. The van der Waals surface area contributed by atoms with E-state index in [1.165, 1.54) is 5.56 Å². The molecule has 7 heteroatoms. The van der Waals surface area contributed by atoms with Crippen molar-refractivity contribution in [1.82, 2.24) is 9.88 Å². The average molecular weight is 434 g/mol. The predicted octanol–water partition coefficient (Wildman–Crippen LogP) is 4.78. The molecule has 0 radical (unpaired) electrons. The summed E-state index contributed by atoms with van der Waals surface area (Å²) in [6, 6.07) is 15.6. The molecule has 29 heavy (non-hydrogen) atoms. The maximum Gasteiger partial charge on any atom is 0.266 e. The molecule has 1 amide bonds. The molecule has 0 aliphatic rings. The summed E-state index contributed by atoms with van der Waals surface area (Å²) >= 11 is 1.56. The average Bonchev–Trinajstić information content (AvgIpc) is 3.13. The van der Waals surface area contributed by atoms with Crippen LogP contribution in [-0.4, -0.2) is 48.6 Å². The molecule has 0 atom stereocenters. The molecule has 0 unspecified atom stereocenters. The zero-order valence-electron chi connectivity index (χ0n) is 17.1. The van der Waals surface area contributed by atoms with Crippen LogP contribution in [0.2, 0.25) is 0 Å². The number of fused-ring (bicyclic) bond motifs is 1. The van der Waals surface area contributed by atoms with Gasteiger partial charge in [-0.25, -0.2) is 4.98 Å². The van der Waals surface area contributed by atoms with E-state index in [1.54, 1.807) is 16.2 Å². The quantitative estimate of drug-likeness (QED) is 0.487. The molecule has 0 spiro atoms. The van der Waals surface area contributed by atoms with E-state index in [0.29, 0.717) is 12.3 Å². The second-order valence-corrected chi connectivity index (χ2v) is 7.65. The smallest absolute Gasteiger partial charge is 0.266 e. The number of amides is 1. The van der Waals surface area contributed by atoms with Crippen molar-refractivity contribution in [3.63, 3.8) is 0 Å². The summed E-state index contributed by atoms with van der Waals surface area (Å²) in [7, 11) is 0. The van der Waals surface area contributed by atoms with Crippen LogP contribution in [-0.2, 0) is 4.79 Å². The van der Waals surface area contributed by atoms with Crippen LogP contribution in [0, 0.1) is 6.92 Å². The number of carbonyl (C=O) groups is 1. The fourth-order valence-electron chi connectivity index (χ4n) is 2.98. The number of rotatable bonds is 9. The van der Waals surface area contributed by atoms with Gasteiger partial charge in [0.2, 0.25) is 0 Å². The molecule has 1 heterocycles. The highest BCUT2D eigenvalue weighted by Crippen LogP contribution is 2.29. The van der Waals surface area contributed by atoms with Crippen LogP contribution in [0.1, 0.15) is 19.4 Å². The molecule has 156 valence electrons. The second kappa shape index (κ2) is 11.1. The minimum absolute atomic E-state index is 0. The number of para-hydroxylation sites is 1. The number of aryl methyl sites for hydroxylation is 1. The Bertz CT molecular complexity index is 913. The molecule has 0 aliphatic heterocycles. The van der Waals surface area contributed by atoms with Gasteiger partial charge in [-0.2, -0.15) is 0 Å². The minimum Gasteiger partial charge on any atom is -0.484 e.